The van der Waals surface area contributed by atoms with Crippen LogP contribution in [0.3, 0.4) is 0 Å². The van der Waals surface area contributed by atoms with Crippen LogP contribution in [0.4, 0.5) is 13.2 Å². The van der Waals surface area contributed by atoms with Gasteiger partial charge in [0.1, 0.15) is 18.1 Å². The molecular weight excluding hydrogens is 477 g/mol. The van der Waals surface area contributed by atoms with E-state index in [-0.39, 0.29) is 5.92 Å². The average molecular weight is 501 g/mol. The Balaban J connectivity index is 1.07. The summed E-state index contributed by atoms with van der Waals surface area (Å²) in [6.07, 6.45) is 0.586. The van der Waals surface area contributed by atoms with Gasteiger partial charge in [0.15, 0.2) is 10.5 Å². The van der Waals surface area contributed by atoms with Crippen LogP contribution in [0, 0.1) is 0 Å². The highest BCUT2D eigenvalue weighted by Crippen LogP contribution is 2.34. The molecule has 0 amide bonds. The van der Waals surface area contributed by atoms with E-state index in [2.05, 4.69) is 19.9 Å². The molecule has 3 heterocycles. The van der Waals surface area contributed by atoms with Gasteiger partial charge in [0.25, 0.3) is 5.19 Å². The molecule has 2 aromatic carbocycles. The Morgan fingerprint density at radius 3 is 2.46 bits per heavy atom. The number of piperidine rings is 1. The van der Waals surface area contributed by atoms with Gasteiger partial charge in [-0.25, -0.2) is 9.97 Å². The molecule has 0 N–H and O–H groups in total. The number of benzene rings is 2. The fourth-order valence-electron chi connectivity index (χ4n) is 4.16. The minimum Gasteiger partial charge on any atom is -0.492 e. The van der Waals surface area contributed by atoms with Crippen molar-refractivity contribution in [2.75, 3.05) is 26.2 Å². The number of thiazole rings is 1. The highest BCUT2D eigenvalue weighted by molar-refractivity contribution is 7.19. The lowest BCUT2D eigenvalue weighted by Crippen LogP contribution is -2.35. The monoisotopic (exact) mass is 500 g/mol. The number of ether oxygens (including phenoxy) is 2. The summed E-state index contributed by atoms with van der Waals surface area (Å²) in [6.45, 7) is 2.97. The lowest BCUT2D eigenvalue weighted by atomic mass is 9.88. The van der Waals surface area contributed by atoms with Crippen molar-refractivity contribution in [3.63, 3.8) is 0 Å². The standard InChI is InChI=1S/C25H23F3N4O2S/c26-25(27,28)19-3-1-2-18(16-19)17-8-12-32(13-9-17)14-15-33-20-4-6-21(7-5-20)34-24-31-22-23(35-24)30-11-10-29-22/h1-7,10-11,16-17H,8-9,12-15H2. The molecule has 10 heteroatoms. The molecule has 5 rings (SSSR count). The third-order valence-corrected chi connectivity index (χ3v) is 6.84. The second-order valence-electron chi connectivity index (χ2n) is 8.33. The molecule has 0 unspecified atom stereocenters. The SMILES string of the molecule is FC(F)(F)c1cccc(C2CCN(CCOc3ccc(Oc4nc5nccnc5s4)cc3)CC2)c1. The predicted molar refractivity (Wildman–Crippen MR) is 127 cm³/mol. The largest absolute Gasteiger partial charge is 0.492 e. The van der Waals surface area contributed by atoms with Crippen molar-refractivity contribution in [3.05, 3.63) is 72.1 Å². The molecule has 1 fully saturated rings. The molecule has 0 saturated carbocycles. The molecule has 6 nitrogen and oxygen atoms in total. The van der Waals surface area contributed by atoms with Gasteiger partial charge in [0.2, 0.25) is 0 Å². The zero-order valence-corrected chi connectivity index (χ0v) is 19.6. The second-order valence-corrected chi connectivity index (χ2v) is 9.27. The van der Waals surface area contributed by atoms with Gasteiger partial charge in [-0.3, -0.25) is 4.90 Å². The van der Waals surface area contributed by atoms with Gasteiger partial charge in [0, 0.05) is 18.9 Å². The molecule has 182 valence electrons. The number of halogens is 3. The van der Waals surface area contributed by atoms with Crippen LogP contribution in [0.5, 0.6) is 16.7 Å². The Hall–Kier alpha value is -3.24. The summed E-state index contributed by atoms with van der Waals surface area (Å²) in [4.78, 5) is 15.7. The molecule has 4 aromatic rings. The fraction of sp³-hybridized carbons (Fsp3) is 0.320. The topological polar surface area (TPSA) is 60.4 Å². The third kappa shape index (κ3) is 5.88. The molecule has 1 aliphatic heterocycles. The number of fused-ring (bicyclic) bond motifs is 1. The van der Waals surface area contributed by atoms with Crippen molar-refractivity contribution in [2.24, 2.45) is 0 Å². The first-order valence-corrected chi connectivity index (χ1v) is 12.1. The van der Waals surface area contributed by atoms with Crippen LogP contribution >= 0.6 is 11.3 Å². The smallest absolute Gasteiger partial charge is 0.416 e. The van der Waals surface area contributed by atoms with Crippen LogP contribution in [0.15, 0.2) is 60.9 Å². The van der Waals surface area contributed by atoms with Crippen molar-refractivity contribution in [3.8, 4) is 16.7 Å². The fourth-order valence-corrected chi connectivity index (χ4v) is 4.90. The third-order valence-electron chi connectivity index (χ3n) is 6.01. The highest BCUT2D eigenvalue weighted by atomic mass is 32.1. The molecule has 1 saturated heterocycles. The number of aromatic nitrogens is 3. The zero-order valence-electron chi connectivity index (χ0n) is 18.7. The maximum atomic E-state index is 13.0. The molecule has 0 atom stereocenters. The summed E-state index contributed by atoms with van der Waals surface area (Å²) in [5.41, 5.74) is 0.763. The Morgan fingerprint density at radius 2 is 1.71 bits per heavy atom. The molecule has 1 aliphatic rings. The van der Waals surface area contributed by atoms with Gasteiger partial charge in [0.05, 0.1) is 5.56 Å². The number of alkyl halides is 3. The number of likely N-dealkylation sites (tertiary alicyclic amines) is 1. The number of nitrogens with zero attached hydrogens (tertiary/aromatic N) is 4. The van der Waals surface area contributed by atoms with Crippen LogP contribution in [-0.2, 0) is 6.18 Å². The second kappa shape index (κ2) is 10.2. The molecule has 0 bridgehead atoms. The summed E-state index contributed by atoms with van der Waals surface area (Å²) in [5.74, 6) is 1.54. The zero-order chi connectivity index (χ0) is 24.3. The van der Waals surface area contributed by atoms with Gasteiger partial charge < -0.3 is 9.47 Å². The van der Waals surface area contributed by atoms with Gasteiger partial charge in [-0.1, -0.05) is 29.5 Å². The minimum atomic E-state index is -4.30. The Bertz CT molecular complexity index is 1240. The lowest BCUT2D eigenvalue weighted by Gasteiger charge is -2.32. The van der Waals surface area contributed by atoms with E-state index in [9.17, 15) is 13.2 Å². The summed E-state index contributed by atoms with van der Waals surface area (Å²) in [5, 5.41) is 0.480. The van der Waals surface area contributed by atoms with E-state index in [4.69, 9.17) is 9.47 Å². The Kier molecular flexibility index (Phi) is 6.83. The molecule has 35 heavy (non-hydrogen) atoms. The minimum absolute atomic E-state index is 0.156. The first-order valence-electron chi connectivity index (χ1n) is 11.3. The first-order chi connectivity index (χ1) is 16.9. The normalized spacial score (nSPS) is 15.4. The van der Waals surface area contributed by atoms with Gasteiger partial charge >= 0.3 is 6.18 Å². The van der Waals surface area contributed by atoms with Crippen molar-refractivity contribution >= 4 is 21.8 Å². The van der Waals surface area contributed by atoms with E-state index in [1.165, 1.54) is 23.5 Å². The maximum absolute atomic E-state index is 13.0. The Labute approximate surface area is 204 Å². The predicted octanol–water partition coefficient (Wildman–Crippen LogP) is 6.16. The van der Waals surface area contributed by atoms with E-state index < -0.39 is 11.7 Å². The average Bonchev–Trinajstić information content (AvgIpc) is 3.27. The van der Waals surface area contributed by atoms with Gasteiger partial charge in [-0.15, -0.1) is 0 Å². The Morgan fingerprint density at radius 1 is 0.971 bits per heavy atom. The number of rotatable bonds is 7. The van der Waals surface area contributed by atoms with Crippen LogP contribution in [0.25, 0.3) is 10.5 Å². The number of hydrogen-bond acceptors (Lipinski definition) is 7. The molecule has 0 radical (unpaired) electrons. The molecular formula is C25H23F3N4O2S. The first kappa shape index (κ1) is 23.5. The summed E-state index contributed by atoms with van der Waals surface area (Å²) >= 11 is 1.33. The summed E-state index contributed by atoms with van der Waals surface area (Å²) in [6, 6.07) is 13.1. The van der Waals surface area contributed by atoms with E-state index >= 15 is 0 Å². The van der Waals surface area contributed by atoms with Crippen molar-refractivity contribution in [2.45, 2.75) is 24.9 Å². The summed E-state index contributed by atoms with van der Waals surface area (Å²) < 4.78 is 50.7. The van der Waals surface area contributed by atoms with E-state index in [0.29, 0.717) is 23.2 Å². The summed E-state index contributed by atoms with van der Waals surface area (Å²) in [7, 11) is 0. The van der Waals surface area contributed by atoms with Gasteiger partial charge in [-0.05, 0) is 67.7 Å². The van der Waals surface area contributed by atoms with Crippen LogP contribution in [0.2, 0.25) is 0 Å². The van der Waals surface area contributed by atoms with E-state index in [0.717, 1.165) is 54.7 Å². The van der Waals surface area contributed by atoms with Crippen molar-refractivity contribution in [1.82, 2.24) is 19.9 Å². The molecule has 0 aliphatic carbocycles. The maximum Gasteiger partial charge on any atom is 0.416 e. The quantitative estimate of drug-likeness (QED) is 0.303. The van der Waals surface area contributed by atoms with E-state index in [1.807, 2.05) is 24.3 Å². The van der Waals surface area contributed by atoms with Crippen LogP contribution in [-0.4, -0.2) is 46.1 Å². The van der Waals surface area contributed by atoms with Crippen molar-refractivity contribution in [1.29, 1.82) is 0 Å². The van der Waals surface area contributed by atoms with Crippen molar-refractivity contribution < 1.29 is 22.6 Å². The lowest BCUT2D eigenvalue weighted by molar-refractivity contribution is -0.137. The van der Waals surface area contributed by atoms with Crippen LogP contribution in [0.1, 0.15) is 29.9 Å². The van der Waals surface area contributed by atoms with Gasteiger partial charge in [-0.2, -0.15) is 18.2 Å². The molecule has 0 spiro atoms. The number of hydrogen-bond donors (Lipinski definition) is 0. The highest BCUT2D eigenvalue weighted by Gasteiger charge is 2.31. The van der Waals surface area contributed by atoms with Crippen LogP contribution < -0.4 is 9.47 Å². The molecule has 2 aromatic heterocycles. The van der Waals surface area contributed by atoms with E-state index in [1.54, 1.807) is 18.5 Å².